The maximum Gasteiger partial charge on any atom is 0.329 e. The van der Waals surface area contributed by atoms with Crippen molar-refractivity contribution in [2.24, 2.45) is 7.05 Å². The van der Waals surface area contributed by atoms with E-state index in [1.807, 2.05) is 18.2 Å². The molecule has 4 rings (SSSR count). The second-order valence-electron chi connectivity index (χ2n) is 6.56. The molecule has 0 bridgehead atoms. The summed E-state index contributed by atoms with van der Waals surface area (Å²) in [4.78, 5) is 38.8. The van der Waals surface area contributed by atoms with Gasteiger partial charge in [-0.2, -0.15) is 0 Å². The molecule has 1 unspecified atom stereocenters. The van der Waals surface area contributed by atoms with Gasteiger partial charge in [0.05, 0.1) is 16.7 Å². The lowest BCUT2D eigenvalue weighted by atomic mass is 10.1. The molecule has 1 aromatic heterocycles. The van der Waals surface area contributed by atoms with Crippen LogP contribution in [0.15, 0.2) is 23.0 Å². The number of hydrogen-bond acceptors (Lipinski definition) is 5. The first-order valence-corrected chi connectivity index (χ1v) is 8.57. The summed E-state index contributed by atoms with van der Waals surface area (Å²) >= 11 is 0. The molecule has 1 aromatic carbocycles. The Bertz CT molecular complexity index is 913. The molecule has 2 fully saturated rings. The predicted octanol–water partition coefficient (Wildman–Crippen LogP) is 0.149. The highest BCUT2D eigenvalue weighted by Crippen LogP contribution is 2.29. The van der Waals surface area contributed by atoms with Crippen molar-refractivity contribution in [2.45, 2.75) is 18.9 Å². The minimum Gasteiger partial charge on any atom is -0.367 e. The van der Waals surface area contributed by atoms with E-state index in [2.05, 4.69) is 15.5 Å². The molecule has 2 saturated heterocycles. The zero-order chi connectivity index (χ0) is 17.6. The van der Waals surface area contributed by atoms with Crippen molar-refractivity contribution in [3.8, 4) is 0 Å². The number of benzene rings is 1. The zero-order valence-electron chi connectivity index (χ0n) is 14.5. The molecular formula is C17H22ClN5O3. The number of imidazole rings is 1. The minimum atomic E-state index is -0.646. The van der Waals surface area contributed by atoms with Gasteiger partial charge in [-0.3, -0.25) is 24.0 Å². The van der Waals surface area contributed by atoms with Gasteiger partial charge in [0.15, 0.2) is 0 Å². The van der Waals surface area contributed by atoms with Gasteiger partial charge in [0, 0.05) is 39.6 Å². The third-order valence-electron chi connectivity index (χ3n) is 5.06. The van der Waals surface area contributed by atoms with Crippen LogP contribution in [0.5, 0.6) is 0 Å². The summed E-state index contributed by atoms with van der Waals surface area (Å²) < 4.78 is 3.14. The largest absolute Gasteiger partial charge is 0.367 e. The van der Waals surface area contributed by atoms with Crippen LogP contribution in [0.1, 0.15) is 18.9 Å². The molecular weight excluding hydrogens is 358 g/mol. The Morgan fingerprint density at radius 2 is 1.85 bits per heavy atom. The van der Waals surface area contributed by atoms with E-state index in [1.54, 1.807) is 11.6 Å². The second-order valence-corrected chi connectivity index (χ2v) is 6.56. The van der Waals surface area contributed by atoms with Crippen molar-refractivity contribution in [2.75, 3.05) is 31.1 Å². The number of piperazine rings is 1. The minimum absolute atomic E-state index is 0. The van der Waals surface area contributed by atoms with Crippen LogP contribution in [0.25, 0.3) is 11.0 Å². The smallest absolute Gasteiger partial charge is 0.329 e. The monoisotopic (exact) mass is 379 g/mol. The fourth-order valence-electron chi connectivity index (χ4n) is 3.81. The van der Waals surface area contributed by atoms with Gasteiger partial charge in [-0.05, 0) is 18.6 Å². The summed E-state index contributed by atoms with van der Waals surface area (Å²) in [7, 11) is 1.73. The molecule has 2 N–H and O–H groups in total. The Labute approximate surface area is 156 Å². The normalized spacial score (nSPS) is 20.8. The Morgan fingerprint density at radius 3 is 2.54 bits per heavy atom. The van der Waals surface area contributed by atoms with Crippen molar-refractivity contribution in [1.82, 2.24) is 19.8 Å². The number of nitrogens with zero attached hydrogens (tertiary/aromatic N) is 3. The van der Waals surface area contributed by atoms with E-state index < -0.39 is 11.9 Å². The molecule has 2 amide bonds. The van der Waals surface area contributed by atoms with Gasteiger partial charge in [0.25, 0.3) is 0 Å². The van der Waals surface area contributed by atoms with Gasteiger partial charge >= 0.3 is 5.69 Å². The number of halogens is 1. The number of imide groups is 1. The number of para-hydroxylation sites is 1. The molecule has 140 valence electrons. The lowest BCUT2D eigenvalue weighted by Crippen LogP contribution is -2.44. The maximum atomic E-state index is 12.9. The molecule has 9 heteroatoms. The quantitative estimate of drug-likeness (QED) is 0.725. The zero-order valence-corrected chi connectivity index (χ0v) is 15.3. The van der Waals surface area contributed by atoms with Crippen LogP contribution in [0.3, 0.4) is 0 Å². The number of rotatable bonds is 2. The van der Waals surface area contributed by atoms with Crippen LogP contribution in [0, 0.1) is 0 Å². The van der Waals surface area contributed by atoms with Gasteiger partial charge in [-0.15, -0.1) is 12.4 Å². The SMILES string of the molecule is Cl.Cn1c(=O)n(C2CCC(=O)NC2=O)c2cccc(N3CCNCC3)c21. The molecule has 26 heavy (non-hydrogen) atoms. The second kappa shape index (κ2) is 7.13. The summed E-state index contributed by atoms with van der Waals surface area (Å²) in [5.41, 5.74) is 2.34. The number of aromatic nitrogens is 2. The molecule has 0 radical (unpaired) electrons. The standard InChI is InChI=1S/C17H21N5O3.ClH/c1-20-15-11(21-9-7-18-8-10-21)3-2-4-12(15)22(17(20)25)13-5-6-14(23)19-16(13)24;/h2-4,13,18H,5-10H2,1H3,(H,19,23,24);1H. The molecule has 0 saturated carbocycles. The highest BCUT2D eigenvalue weighted by molar-refractivity contribution is 6.00. The number of piperidine rings is 1. The fraction of sp³-hybridized carbons (Fsp3) is 0.471. The number of carbonyl (C=O) groups is 2. The molecule has 0 spiro atoms. The third-order valence-corrected chi connectivity index (χ3v) is 5.06. The first-order valence-electron chi connectivity index (χ1n) is 8.57. The van der Waals surface area contributed by atoms with Gasteiger partial charge in [0.1, 0.15) is 6.04 Å². The van der Waals surface area contributed by atoms with E-state index in [0.29, 0.717) is 6.42 Å². The first kappa shape index (κ1) is 18.5. The van der Waals surface area contributed by atoms with Gasteiger partial charge < -0.3 is 10.2 Å². The molecule has 2 aliphatic heterocycles. The van der Waals surface area contributed by atoms with E-state index in [1.165, 1.54) is 4.57 Å². The van der Waals surface area contributed by atoms with E-state index in [0.717, 1.165) is 42.9 Å². The van der Waals surface area contributed by atoms with Crippen molar-refractivity contribution in [1.29, 1.82) is 0 Å². The highest BCUT2D eigenvalue weighted by Gasteiger charge is 2.32. The van der Waals surface area contributed by atoms with Gasteiger partial charge in [-0.1, -0.05) is 6.07 Å². The Hall–Kier alpha value is -2.32. The van der Waals surface area contributed by atoms with Crippen LogP contribution in [0.2, 0.25) is 0 Å². The van der Waals surface area contributed by atoms with Crippen LogP contribution >= 0.6 is 12.4 Å². The van der Waals surface area contributed by atoms with E-state index in [4.69, 9.17) is 0 Å². The Kier molecular flexibility index (Phi) is 5.06. The molecule has 2 aliphatic rings. The van der Waals surface area contributed by atoms with Gasteiger partial charge in [-0.25, -0.2) is 4.79 Å². The highest BCUT2D eigenvalue weighted by atomic mass is 35.5. The predicted molar refractivity (Wildman–Crippen MR) is 101 cm³/mol. The third kappa shape index (κ3) is 2.89. The number of hydrogen-bond donors (Lipinski definition) is 2. The first-order chi connectivity index (χ1) is 12.1. The lowest BCUT2D eigenvalue weighted by molar-refractivity contribution is -0.135. The fourth-order valence-corrected chi connectivity index (χ4v) is 3.81. The lowest BCUT2D eigenvalue weighted by Gasteiger charge is -2.30. The van der Waals surface area contributed by atoms with Crippen molar-refractivity contribution >= 4 is 40.9 Å². The van der Waals surface area contributed by atoms with Gasteiger partial charge in [0.2, 0.25) is 11.8 Å². The number of amides is 2. The number of carbonyl (C=O) groups excluding carboxylic acids is 2. The molecule has 2 aromatic rings. The number of aryl methyl sites for hydroxylation is 1. The van der Waals surface area contributed by atoms with E-state index >= 15 is 0 Å². The molecule has 3 heterocycles. The van der Waals surface area contributed by atoms with E-state index in [-0.39, 0.29) is 30.4 Å². The Morgan fingerprint density at radius 1 is 1.12 bits per heavy atom. The topological polar surface area (TPSA) is 88.4 Å². The maximum absolute atomic E-state index is 12.9. The molecule has 8 nitrogen and oxygen atoms in total. The summed E-state index contributed by atoms with van der Waals surface area (Å²) in [5.74, 6) is -0.686. The van der Waals surface area contributed by atoms with Crippen LogP contribution in [-0.4, -0.2) is 47.1 Å². The van der Waals surface area contributed by atoms with Crippen molar-refractivity contribution in [3.63, 3.8) is 0 Å². The van der Waals surface area contributed by atoms with Crippen molar-refractivity contribution in [3.05, 3.63) is 28.7 Å². The van der Waals surface area contributed by atoms with Crippen LogP contribution in [-0.2, 0) is 16.6 Å². The molecule has 1 atom stereocenters. The Balaban J connectivity index is 0.00000196. The number of nitrogens with one attached hydrogen (secondary N) is 2. The van der Waals surface area contributed by atoms with Crippen LogP contribution in [0.4, 0.5) is 5.69 Å². The summed E-state index contributed by atoms with van der Waals surface area (Å²) in [5, 5.41) is 5.67. The average Bonchev–Trinajstić information content (AvgIpc) is 2.87. The van der Waals surface area contributed by atoms with E-state index in [9.17, 15) is 14.4 Å². The average molecular weight is 380 g/mol. The van der Waals surface area contributed by atoms with Crippen LogP contribution < -0.4 is 21.2 Å². The van der Waals surface area contributed by atoms with Crippen molar-refractivity contribution < 1.29 is 9.59 Å². The number of anilines is 1. The molecule has 0 aliphatic carbocycles. The number of fused-ring (bicyclic) bond motifs is 1. The summed E-state index contributed by atoms with van der Waals surface area (Å²) in [6.07, 6.45) is 0.596. The summed E-state index contributed by atoms with van der Waals surface area (Å²) in [6.45, 7) is 3.55. The summed E-state index contributed by atoms with van der Waals surface area (Å²) in [6, 6.07) is 5.16.